The summed E-state index contributed by atoms with van der Waals surface area (Å²) >= 11 is 0. The molecule has 2 atom stereocenters. The lowest BCUT2D eigenvalue weighted by molar-refractivity contribution is -0.121. The lowest BCUT2D eigenvalue weighted by Crippen LogP contribution is -2.54. The molecule has 0 saturated heterocycles. The van der Waals surface area contributed by atoms with Gasteiger partial charge in [0.2, 0.25) is 5.91 Å². The summed E-state index contributed by atoms with van der Waals surface area (Å²) in [5.74, 6) is -0.854. The summed E-state index contributed by atoms with van der Waals surface area (Å²) in [4.78, 5) is 35.5. The first-order chi connectivity index (χ1) is 20.1. The van der Waals surface area contributed by atoms with Gasteiger partial charge in [-0.1, -0.05) is 30.3 Å². The SMILES string of the molecule is CC(=O)NC(C)(c1cc2cnccc2n1S(=O)(=O)c1ccccc1)n1cnc2c(c1=O)NC(c1ccc(F)cc1)CC2. The first kappa shape index (κ1) is 27.3. The van der Waals surface area contributed by atoms with Crippen LogP contribution in [0.4, 0.5) is 10.1 Å². The van der Waals surface area contributed by atoms with Crippen molar-refractivity contribution in [3.63, 3.8) is 0 Å². The van der Waals surface area contributed by atoms with Crippen molar-refractivity contribution >= 4 is 32.5 Å². The number of anilines is 1. The fraction of sp³-hybridized carbons (Fsp3) is 0.200. The topological polar surface area (TPSA) is 128 Å². The number of carbonyl (C=O) groups excluding carboxylic acids is 1. The number of benzene rings is 2. The summed E-state index contributed by atoms with van der Waals surface area (Å²) in [5, 5.41) is 6.57. The number of carbonyl (C=O) groups is 1. The fourth-order valence-corrected chi connectivity index (χ4v) is 7.16. The smallest absolute Gasteiger partial charge is 0.279 e. The first-order valence-electron chi connectivity index (χ1n) is 13.3. The summed E-state index contributed by atoms with van der Waals surface area (Å²) in [6.45, 7) is 2.85. The van der Waals surface area contributed by atoms with Gasteiger partial charge in [-0.2, -0.15) is 0 Å². The van der Waals surface area contributed by atoms with E-state index in [1.54, 1.807) is 49.4 Å². The molecule has 3 aromatic heterocycles. The largest absolute Gasteiger partial charge is 0.372 e. The second kappa shape index (κ2) is 10.2. The molecule has 5 aromatic rings. The van der Waals surface area contributed by atoms with Gasteiger partial charge in [0.1, 0.15) is 17.8 Å². The maximum atomic E-state index is 14.2. The minimum Gasteiger partial charge on any atom is -0.372 e. The van der Waals surface area contributed by atoms with E-state index in [4.69, 9.17) is 0 Å². The molecule has 6 rings (SSSR count). The van der Waals surface area contributed by atoms with Crippen LogP contribution in [0.1, 0.15) is 43.3 Å². The normalized spacial score (nSPS) is 16.3. The van der Waals surface area contributed by atoms with Gasteiger partial charge in [0, 0.05) is 24.7 Å². The van der Waals surface area contributed by atoms with Crippen molar-refractivity contribution in [2.75, 3.05) is 5.32 Å². The molecule has 214 valence electrons. The highest BCUT2D eigenvalue weighted by Crippen LogP contribution is 2.34. The van der Waals surface area contributed by atoms with E-state index >= 15 is 0 Å². The Morgan fingerprint density at radius 3 is 2.57 bits per heavy atom. The van der Waals surface area contributed by atoms with Crippen LogP contribution in [0.2, 0.25) is 0 Å². The number of nitrogens with one attached hydrogen (secondary N) is 2. The van der Waals surface area contributed by atoms with Crippen molar-refractivity contribution in [2.24, 2.45) is 0 Å². The predicted octanol–water partition coefficient (Wildman–Crippen LogP) is 3.93. The lowest BCUT2D eigenvalue weighted by atomic mass is 9.96. The van der Waals surface area contributed by atoms with Crippen molar-refractivity contribution in [3.05, 3.63) is 119 Å². The van der Waals surface area contributed by atoms with E-state index in [0.717, 1.165) is 9.54 Å². The molecule has 1 aliphatic heterocycles. The molecule has 2 aromatic carbocycles. The van der Waals surface area contributed by atoms with E-state index in [1.807, 2.05) is 0 Å². The standard InChI is InChI=1S/C30H27FN6O4S/c1-19(38)35-30(2,27-16-21-17-32-15-14-26(21)37(27)42(40,41)23-6-4-3-5-7-23)36-18-33-25-13-12-24(34-28(25)29(36)39)20-8-10-22(31)11-9-20/h3-11,14-18,24,34H,12-13H2,1-2H3,(H,35,38). The Morgan fingerprint density at radius 2 is 1.86 bits per heavy atom. The van der Waals surface area contributed by atoms with Crippen LogP contribution < -0.4 is 16.2 Å². The number of hydrogen-bond acceptors (Lipinski definition) is 7. The van der Waals surface area contributed by atoms with Gasteiger partial charge in [-0.15, -0.1) is 0 Å². The molecule has 0 radical (unpaired) electrons. The first-order valence-corrected chi connectivity index (χ1v) is 14.7. The molecular weight excluding hydrogens is 559 g/mol. The Bertz CT molecular complexity index is 1990. The number of hydrogen-bond donors (Lipinski definition) is 2. The lowest BCUT2D eigenvalue weighted by Gasteiger charge is -2.35. The van der Waals surface area contributed by atoms with Crippen molar-refractivity contribution in [1.29, 1.82) is 0 Å². The van der Waals surface area contributed by atoms with Gasteiger partial charge in [0.05, 0.1) is 27.8 Å². The van der Waals surface area contributed by atoms with Crippen LogP contribution >= 0.6 is 0 Å². The maximum absolute atomic E-state index is 14.2. The van der Waals surface area contributed by atoms with Gasteiger partial charge in [-0.3, -0.25) is 19.1 Å². The third-order valence-corrected chi connectivity index (χ3v) is 9.29. The molecule has 1 aliphatic rings. The van der Waals surface area contributed by atoms with Crippen LogP contribution in [0.5, 0.6) is 0 Å². The predicted molar refractivity (Wildman–Crippen MR) is 155 cm³/mol. The van der Waals surface area contributed by atoms with Crippen LogP contribution in [-0.4, -0.2) is 32.8 Å². The van der Waals surface area contributed by atoms with Gasteiger partial charge >= 0.3 is 0 Å². The fourth-order valence-electron chi connectivity index (χ4n) is 5.53. The Balaban J connectivity index is 1.56. The minimum atomic E-state index is -4.20. The molecule has 0 spiro atoms. The van der Waals surface area contributed by atoms with Gasteiger partial charge in [-0.05, 0) is 61.7 Å². The van der Waals surface area contributed by atoms with Crippen molar-refractivity contribution in [1.82, 2.24) is 23.8 Å². The Kier molecular flexibility index (Phi) is 6.65. The summed E-state index contributed by atoms with van der Waals surface area (Å²) in [6, 6.07) is 16.9. The number of aryl methyl sites for hydroxylation is 1. The summed E-state index contributed by atoms with van der Waals surface area (Å²) < 4.78 is 44.1. The number of rotatable bonds is 6. The van der Waals surface area contributed by atoms with E-state index in [1.165, 1.54) is 54.5 Å². The van der Waals surface area contributed by atoms with E-state index in [2.05, 4.69) is 20.6 Å². The zero-order valence-corrected chi connectivity index (χ0v) is 23.6. The zero-order valence-electron chi connectivity index (χ0n) is 22.8. The second-order valence-electron chi connectivity index (χ2n) is 10.3. The number of amides is 1. The highest BCUT2D eigenvalue weighted by Gasteiger charge is 2.39. The third-order valence-electron chi connectivity index (χ3n) is 7.55. The van der Waals surface area contributed by atoms with E-state index in [-0.39, 0.29) is 28.1 Å². The minimum absolute atomic E-state index is 0.0328. The summed E-state index contributed by atoms with van der Waals surface area (Å²) in [7, 11) is -4.20. The number of nitrogens with zero attached hydrogens (tertiary/aromatic N) is 4. The number of aromatic nitrogens is 4. The van der Waals surface area contributed by atoms with Crippen LogP contribution in [0.3, 0.4) is 0 Å². The zero-order chi connectivity index (χ0) is 29.6. The third kappa shape index (κ3) is 4.53. The number of fused-ring (bicyclic) bond motifs is 2. The molecule has 0 bridgehead atoms. The molecule has 0 saturated carbocycles. The average Bonchev–Trinajstić information content (AvgIpc) is 3.39. The molecule has 0 fully saturated rings. The average molecular weight is 587 g/mol. The quantitative estimate of drug-likeness (QED) is 0.309. The van der Waals surface area contributed by atoms with Gasteiger partial charge in [0.15, 0.2) is 5.66 Å². The number of halogens is 1. The van der Waals surface area contributed by atoms with Crippen LogP contribution in [-0.2, 0) is 26.9 Å². The molecule has 2 N–H and O–H groups in total. The van der Waals surface area contributed by atoms with Crippen LogP contribution in [0.25, 0.3) is 10.9 Å². The molecule has 10 nitrogen and oxygen atoms in total. The maximum Gasteiger partial charge on any atom is 0.279 e. The van der Waals surface area contributed by atoms with Crippen LogP contribution in [0.15, 0.2) is 95.1 Å². The molecule has 42 heavy (non-hydrogen) atoms. The van der Waals surface area contributed by atoms with Crippen molar-refractivity contribution in [3.8, 4) is 0 Å². The highest BCUT2D eigenvalue weighted by molar-refractivity contribution is 7.90. The van der Waals surface area contributed by atoms with E-state index in [0.29, 0.717) is 29.4 Å². The van der Waals surface area contributed by atoms with E-state index in [9.17, 15) is 22.4 Å². The number of pyridine rings is 1. The second-order valence-corrected chi connectivity index (χ2v) is 12.1. The monoisotopic (exact) mass is 586 g/mol. The van der Waals surface area contributed by atoms with Crippen molar-refractivity contribution < 1.29 is 17.6 Å². The highest BCUT2D eigenvalue weighted by atomic mass is 32.2. The Hall–Kier alpha value is -4.84. The van der Waals surface area contributed by atoms with Gasteiger partial charge in [-0.25, -0.2) is 21.8 Å². The molecule has 2 unspecified atom stereocenters. The Labute approximate surface area is 240 Å². The van der Waals surface area contributed by atoms with Gasteiger partial charge < -0.3 is 10.6 Å². The van der Waals surface area contributed by atoms with Crippen LogP contribution in [0, 0.1) is 5.82 Å². The van der Waals surface area contributed by atoms with E-state index < -0.39 is 27.2 Å². The molecular formula is C30H27FN6O4S. The van der Waals surface area contributed by atoms with Gasteiger partial charge in [0.25, 0.3) is 15.6 Å². The molecule has 0 aliphatic carbocycles. The molecule has 12 heteroatoms. The summed E-state index contributed by atoms with van der Waals surface area (Å²) in [5.41, 5.74) is -0.186. The van der Waals surface area contributed by atoms with Crippen molar-refractivity contribution in [2.45, 2.75) is 43.3 Å². The molecule has 1 amide bonds. The Morgan fingerprint density at radius 1 is 1.12 bits per heavy atom. The molecule has 4 heterocycles. The summed E-state index contributed by atoms with van der Waals surface area (Å²) in [6.07, 6.45) is 5.45.